The quantitative estimate of drug-likeness (QED) is 0.906. The zero-order valence-electron chi connectivity index (χ0n) is 12.4. The molecule has 1 aliphatic heterocycles. The van der Waals surface area contributed by atoms with Crippen LogP contribution in [0.15, 0.2) is 18.2 Å². The molecule has 1 unspecified atom stereocenters. The van der Waals surface area contributed by atoms with E-state index >= 15 is 0 Å². The summed E-state index contributed by atoms with van der Waals surface area (Å²) in [6.45, 7) is 2.76. The molecule has 1 aromatic rings. The Morgan fingerprint density at radius 3 is 2.71 bits per heavy atom. The minimum Gasteiger partial charge on any atom is -0.487 e. The lowest BCUT2D eigenvalue weighted by Crippen LogP contribution is -2.25. The number of benzene rings is 1. The predicted octanol–water partition coefficient (Wildman–Crippen LogP) is 3.24. The number of hydrogen-bond donors (Lipinski definition) is 1. The lowest BCUT2D eigenvalue weighted by Gasteiger charge is -2.18. The van der Waals surface area contributed by atoms with Gasteiger partial charge in [-0.15, -0.1) is 0 Å². The third-order valence-electron chi connectivity index (χ3n) is 3.39. The highest BCUT2D eigenvalue weighted by Gasteiger charge is 2.31. The molecule has 0 radical (unpaired) electrons. The van der Waals surface area contributed by atoms with Crippen molar-refractivity contribution >= 4 is 0 Å². The molecule has 3 nitrogen and oxygen atoms in total. The smallest absolute Gasteiger partial charge is 0.411 e. The van der Waals surface area contributed by atoms with E-state index in [0.717, 1.165) is 23.3 Å². The van der Waals surface area contributed by atoms with Gasteiger partial charge in [0.05, 0.1) is 12.6 Å². The van der Waals surface area contributed by atoms with E-state index in [0.29, 0.717) is 0 Å². The molecule has 0 aliphatic carbocycles. The molecule has 1 aromatic carbocycles. The summed E-state index contributed by atoms with van der Waals surface area (Å²) in [5.74, 6) is 0.842. The first-order chi connectivity index (χ1) is 9.70. The van der Waals surface area contributed by atoms with E-state index < -0.39 is 12.8 Å². The average molecular weight is 303 g/mol. The average Bonchev–Trinajstić information content (AvgIpc) is 2.66. The number of nitrogens with one attached hydrogen (secondary N) is 1. The van der Waals surface area contributed by atoms with Crippen molar-refractivity contribution in [3.63, 3.8) is 0 Å². The molecule has 1 heterocycles. The molecule has 0 amide bonds. The van der Waals surface area contributed by atoms with Gasteiger partial charge < -0.3 is 14.8 Å². The molecule has 0 fully saturated rings. The highest BCUT2D eigenvalue weighted by molar-refractivity contribution is 5.42. The summed E-state index contributed by atoms with van der Waals surface area (Å²) in [4.78, 5) is 0. The van der Waals surface area contributed by atoms with Gasteiger partial charge in [0.1, 0.15) is 18.0 Å². The van der Waals surface area contributed by atoms with Gasteiger partial charge in [0.2, 0.25) is 0 Å². The van der Waals surface area contributed by atoms with E-state index in [2.05, 4.69) is 5.32 Å². The number of rotatable bonds is 5. The number of halogens is 3. The molecular formula is C15H20F3NO2. The summed E-state index contributed by atoms with van der Waals surface area (Å²) in [7, 11) is 1.70. The van der Waals surface area contributed by atoms with Crippen molar-refractivity contribution in [3.8, 4) is 5.75 Å². The first-order valence-corrected chi connectivity index (χ1v) is 6.84. The summed E-state index contributed by atoms with van der Waals surface area (Å²) in [6.07, 6.45) is -3.51. The maximum Gasteiger partial charge on any atom is 0.411 e. The van der Waals surface area contributed by atoms with Gasteiger partial charge in [0.25, 0.3) is 0 Å². The number of ether oxygens (including phenoxy) is 2. The Morgan fingerprint density at radius 1 is 1.38 bits per heavy atom. The van der Waals surface area contributed by atoms with Crippen molar-refractivity contribution in [3.05, 3.63) is 29.3 Å². The first-order valence-electron chi connectivity index (χ1n) is 6.84. The Labute approximate surface area is 122 Å². The Kier molecular flexibility index (Phi) is 4.49. The Morgan fingerprint density at radius 2 is 2.10 bits per heavy atom. The maximum atomic E-state index is 12.1. The second-order valence-corrected chi connectivity index (χ2v) is 5.88. The molecule has 0 saturated carbocycles. The van der Waals surface area contributed by atoms with Crippen LogP contribution in [0.4, 0.5) is 13.2 Å². The van der Waals surface area contributed by atoms with Crippen molar-refractivity contribution in [1.29, 1.82) is 0 Å². The second-order valence-electron chi connectivity index (χ2n) is 5.88. The van der Waals surface area contributed by atoms with Crippen molar-refractivity contribution in [2.75, 3.05) is 20.3 Å². The van der Waals surface area contributed by atoms with Gasteiger partial charge in [-0.1, -0.05) is 12.1 Å². The van der Waals surface area contributed by atoms with Crippen molar-refractivity contribution in [2.45, 2.75) is 38.1 Å². The van der Waals surface area contributed by atoms with E-state index in [4.69, 9.17) is 9.47 Å². The van der Waals surface area contributed by atoms with E-state index in [1.165, 1.54) is 0 Å². The summed E-state index contributed by atoms with van der Waals surface area (Å²) in [5, 5.41) is 2.98. The fourth-order valence-corrected chi connectivity index (χ4v) is 2.48. The third-order valence-corrected chi connectivity index (χ3v) is 3.39. The molecule has 0 bridgehead atoms. The fraction of sp³-hybridized carbons (Fsp3) is 0.600. The number of fused-ring (bicyclic) bond motifs is 1. The summed E-state index contributed by atoms with van der Waals surface area (Å²) < 4.78 is 46.9. The van der Waals surface area contributed by atoms with Gasteiger partial charge in [-0.25, -0.2) is 0 Å². The van der Waals surface area contributed by atoms with E-state index in [1.807, 2.05) is 32.0 Å². The summed E-state index contributed by atoms with van der Waals surface area (Å²) in [5.41, 5.74) is 1.75. The highest BCUT2D eigenvalue weighted by Crippen LogP contribution is 2.36. The Balaban J connectivity index is 2.03. The Bertz CT molecular complexity index is 500. The van der Waals surface area contributed by atoms with Crippen LogP contribution in [0, 0.1) is 0 Å². The van der Waals surface area contributed by atoms with Gasteiger partial charge in [0, 0.05) is 6.42 Å². The normalized spacial score (nSPS) is 18.2. The topological polar surface area (TPSA) is 30.5 Å². The third kappa shape index (κ3) is 4.35. The van der Waals surface area contributed by atoms with Crippen LogP contribution in [-0.4, -0.2) is 32.0 Å². The molecule has 118 valence electrons. The van der Waals surface area contributed by atoms with Gasteiger partial charge in [-0.3, -0.25) is 0 Å². The lowest BCUT2D eigenvalue weighted by atomic mass is 9.98. The van der Waals surface area contributed by atoms with Crippen molar-refractivity contribution in [2.24, 2.45) is 0 Å². The zero-order chi connectivity index (χ0) is 15.7. The second kappa shape index (κ2) is 5.85. The summed E-state index contributed by atoms with van der Waals surface area (Å²) in [6, 6.07) is 5.43. The van der Waals surface area contributed by atoms with Crippen LogP contribution < -0.4 is 10.1 Å². The maximum absolute atomic E-state index is 12.1. The molecule has 0 aromatic heterocycles. The standard InChI is InChI=1S/C15H20F3NO2/c1-14(2)7-11-6-10(4-5-13(11)21-14)12(19-3)8-20-9-15(16,17)18/h4-6,12,19H,7-9H2,1-3H3. The van der Waals surface area contributed by atoms with E-state index in [-0.39, 0.29) is 18.2 Å². The van der Waals surface area contributed by atoms with Crippen LogP contribution in [0.2, 0.25) is 0 Å². The van der Waals surface area contributed by atoms with Gasteiger partial charge in [-0.2, -0.15) is 13.2 Å². The van der Waals surface area contributed by atoms with Crippen LogP contribution >= 0.6 is 0 Å². The molecular weight excluding hydrogens is 283 g/mol. The molecule has 2 rings (SSSR count). The molecule has 1 atom stereocenters. The number of hydrogen-bond acceptors (Lipinski definition) is 3. The van der Waals surface area contributed by atoms with Crippen LogP contribution in [0.1, 0.15) is 31.0 Å². The first kappa shape index (κ1) is 16.1. The highest BCUT2D eigenvalue weighted by atomic mass is 19.4. The monoisotopic (exact) mass is 303 g/mol. The van der Waals surface area contributed by atoms with Crippen LogP contribution in [0.5, 0.6) is 5.75 Å². The molecule has 0 saturated heterocycles. The number of alkyl halides is 3. The number of likely N-dealkylation sites (N-methyl/N-ethyl adjacent to an activating group) is 1. The molecule has 1 aliphatic rings. The lowest BCUT2D eigenvalue weighted by molar-refractivity contribution is -0.175. The van der Waals surface area contributed by atoms with Crippen LogP contribution in [0.25, 0.3) is 0 Å². The molecule has 1 N–H and O–H groups in total. The van der Waals surface area contributed by atoms with E-state index in [1.54, 1.807) is 7.05 Å². The largest absolute Gasteiger partial charge is 0.487 e. The van der Waals surface area contributed by atoms with Gasteiger partial charge in [0.15, 0.2) is 0 Å². The fourth-order valence-electron chi connectivity index (χ4n) is 2.48. The summed E-state index contributed by atoms with van der Waals surface area (Å²) >= 11 is 0. The SMILES string of the molecule is CNC(COCC(F)(F)F)c1ccc2c(c1)CC(C)(C)O2. The minimum absolute atomic E-state index is 0.0287. The molecule has 0 spiro atoms. The van der Waals surface area contributed by atoms with Gasteiger partial charge >= 0.3 is 6.18 Å². The van der Waals surface area contributed by atoms with Crippen LogP contribution in [0.3, 0.4) is 0 Å². The Hall–Kier alpha value is -1.27. The van der Waals surface area contributed by atoms with Gasteiger partial charge in [-0.05, 0) is 38.1 Å². The van der Waals surface area contributed by atoms with Crippen molar-refractivity contribution < 1.29 is 22.6 Å². The van der Waals surface area contributed by atoms with Crippen molar-refractivity contribution in [1.82, 2.24) is 5.32 Å². The zero-order valence-corrected chi connectivity index (χ0v) is 12.4. The van der Waals surface area contributed by atoms with Crippen LogP contribution in [-0.2, 0) is 11.2 Å². The molecule has 6 heteroatoms. The molecule has 21 heavy (non-hydrogen) atoms. The van der Waals surface area contributed by atoms with E-state index in [9.17, 15) is 13.2 Å². The predicted molar refractivity (Wildman–Crippen MR) is 73.5 cm³/mol. The minimum atomic E-state index is -4.30.